The van der Waals surface area contributed by atoms with Crippen molar-refractivity contribution in [2.75, 3.05) is 13.7 Å². The van der Waals surface area contributed by atoms with Crippen LogP contribution in [-0.4, -0.2) is 19.7 Å². The molecule has 2 rings (SSSR count). The van der Waals surface area contributed by atoms with Gasteiger partial charge in [-0.25, -0.2) is 0 Å². The Bertz CT molecular complexity index is 371. The summed E-state index contributed by atoms with van der Waals surface area (Å²) in [4.78, 5) is 0. The Morgan fingerprint density at radius 1 is 1.21 bits per heavy atom. The van der Waals surface area contributed by atoms with Gasteiger partial charge in [0.25, 0.3) is 0 Å². The van der Waals surface area contributed by atoms with E-state index in [1.54, 1.807) is 0 Å². The zero-order valence-electron chi connectivity index (χ0n) is 12.3. The highest BCUT2D eigenvalue weighted by atomic mass is 16.5. The van der Waals surface area contributed by atoms with Crippen LogP contribution in [-0.2, 0) is 6.42 Å². The summed E-state index contributed by atoms with van der Waals surface area (Å²) >= 11 is 0. The molecule has 106 valence electrons. The van der Waals surface area contributed by atoms with Crippen molar-refractivity contribution in [2.45, 2.75) is 51.5 Å². The summed E-state index contributed by atoms with van der Waals surface area (Å²) in [6.07, 6.45) is 7.91. The van der Waals surface area contributed by atoms with Gasteiger partial charge in [-0.1, -0.05) is 44.4 Å². The van der Waals surface area contributed by atoms with Crippen molar-refractivity contribution in [3.8, 4) is 5.75 Å². The predicted molar refractivity (Wildman–Crippen MR) is 80.7 cm³/mol. The third-order valence-electron chi connectivity index (χ3n) is 4.36. The highest BCUT2D eigenvalue weighted by Gasteiger charge is 2.22. The molecule has 19 heavy (non-hydrogen) atoms. The van der Waals surface area contributed by atoms with Gasteiger partial charge in [0.1, 0.15) is 12.4 Å². The van der Waals surface area contributed by atoms with E-state index >= 15 is 0 Å². The predicted octanol–water partition coefficient (Wildman–Crippen LogP) is 3.80. The van der Waals surface area contributed by atoms with Crippen molar-refractivity contribution < 1.29 is 4.74 Å². The molecule has 1 atom stereocenters. The maximum Gasteiger partial charge on any atom is 0.122 e. The number of hydrogen-bond acceptors (Lipinski definition) is 2. The van der Waals surface area contributed by atoms with Gasteiger partial charge in [0, 0.05) is 6.04 Å². The SMILES string of the molecule is CCc1ccccc1OCC(NC)C1CCCCC1. The van der Waals surface area contributed by atoms with E-state index in [0.29, 0.717) is 6.04 Å². The standard InChI is InChI=1S/C17H27NO/c1-3-14-9-7-8-12-17(14)19-13-16(18-2)15-10-5-4-6-11-15/h7-9,12,15-16,18H,3-6,10-11,13H2,1-2H3. The van der Waals surface area contributed by atoms with Gasteiger partial charge in [-0.3, -0.25) is 0 Å². The van der Waals surface area contributed by atoms with Gasteiger partial charge in [0.15, 0.2) is 0 Å². The fraction of sp³-hybridized carbons (Fsp3) is 0.647. The summed E-state index contributed by atoms with van der Waals surface area (Å²) < 4.78 is 6.07. The van der Waals surface area contributed by atoms with Gasteiger partial charge < -0.3 is 10.1 Å². The molecule has 0 bridgehead atoms. The molecule has 0 heterocycles. The first-order valence-corrected chi connectivity index (χ1v) is 7.73. The minimum absolute atomic E-state index is 0.491. The molecule has 0 radical (unpaired) electrons. The zero-order valence-corrected chi connectivity index (χ0v) is 12.3. The number of likely N-dealkylation sites (N-methyl/N-ethyl adjacent to an activating group) is 1. The minimum Gasteiger partial charge on any atom is -0.492 e. The Morgan fingerprint density at radius 3 is 2.63 bits per heavy atom. The molecular formula is C17H27NO. The van der Waals surface area contributed by atoms with Crippen molar-refractivity contribution in [2.24, 2.45) is 5.92 Å². The maximum absolute atomic E-state index is 6.07. The van der Waals surface area contributed by atoms with Gasteiger partial charge in [0.2, 0.25) is 0 Å². The van der Waals surface area contributed by atoms with Crippen LogP contribution in [0.2, 0.25) is 0 Å². The maximum atomic E-state index is 6.07. The lowest BCUT2D eigenvalue weighted by Gasteiger charge is -2.30. The van der Waals surface area contributed by atoms with Crippen LogP contribution in [0.5, 0.6) is 5.75 Å². The quantitative estimate of drug-likeness (QED) is 0.841. The average molecular weight is 261 g/mol. The first kappa shape index (κ1) is 14.4. The molecule has 1 unspecified atom stereocenters. The van der Waals surface area contributed by atoms with Crippen molar-refractivity contribution in [3.63, 3.8) is 0 Å². The second-order valence-electron chi connectivity index (χ2n) is 5.57. The van der Waals surface area contributed by atoms with Crippen molar-refractivity contribution in [1.82, 2.24) is 5.32 Å². The molecule has 2 nitrogen and oxygen atoms in total. The first-order valence-electron chi connectivity index (χ1n) is 7.73. The molecule has 1 aliphatic rings. The summed E-state index contributed by atoms with van der Waals surface area (Å²) in [5.41, 5.74) is 1.31. The van der Waals surface area contributed by atoms with Gasteiger partial charge in [-0.05, 0) is 43.9 Å². The molecule has 1 aromatic carbocycles. The van der Waals surface area contributed by atoms with E-state index in [-0.39, 0.29) is 0 Å². The largest absolute Gasteiger partial charge is 0.492 e. The second-order valence-corrected chi connectivity index (χ2v) is 5.57. The van der Waals surface area contributed by atoms with Crippen molar-refractivity contribution in [1.29, 1.82) is 0 Å². The Kier molecular flexibility index (Phi) is 5.71. The Balaban J connectivity index is 1.91. The Hall–Kier alpha value is -1.02. The van der Waals surface area contributed by atoms with E-state index in [2.05, 4.69) is 43.6 Å². The number of para-hydroxylation sites is 1. The van der Waals surface area contributed by atoms with E-state index in [0.717, 1.165) is 24.7 Å². The monoisotopic (exact) mass is 261 g/mol. The first-order chi connectivity index (χ1) is 9.35. The van der Waals surface area contributed by atoms with Crippen LogP contribution in [0.25, 0.3) is 0 Å². The van der Waals surface area contributed by atoms with Crippen LogP contribution in [0.15, 0.2) is 24.3 Å². The van der Waals surface area contributed by atoms with E-state index in [9.17, 15) is 0 Å². The third kappa shape index (κ3) is 3.97. The van der Waals surface area contributed by atoms with E-state index in [4.69, 9.17) is 4.74 Å². The molecule has 2 heteroatoms. The summed E-state index contributed by atoms with van der Waals surface area (Å²) in [6, 6.07) is 8.88. The third-order valence-corrected chi connectivity index (χ3v) is 4.36. The molecule has 0 spiro atoms. The van der Waals surface area contributed by atoms with Crippen LogP contribution < -0.4 is 10.1 Å². The number of rotatable bonds is 6. The Labute approximate surface area is 117 Å². The highest BCUT2D eigenvalue weighted by molar-refractivity contribution is 5.33. The number of ether oxygens (including phenoxy) is 1. The van der Waals surface area contributed by atoms with Crippen LogP contribution in [0.1, 0.15) is 44.6 Å². The van der Waals surface area contributed by atoms with E-state index in [1.807, 2.05) is 0 Å². The Morgan fingerprint density at radius 2 is 1.95 bits per heavy atom. The highest BCUT2D eigenvalue weighted by Crippen LogP contribution is 2.27. The van der Waals surface area contributed by atoms with E-state index < -0.39 is 0 Å². The van der Waals surface area contributed by atoms with Crippen LogP contribution in [0.3, 0.4) is 0 Å². The fourth-order valence-electron chi connectivity index (χ4n) is 3.11. The number of benzene rings is 1. The summed E-state index contributed by atoms with van der Waals surface area (Å²) in [5, 5.41) is 3.45. The lowest BCUT2D eigenvalue weighted by atomic mass is 9.84. The van der Waals surface area contributed by atoms with Crippen LogP contribution in [0, 0.1) is 5.92 Å². The minimum atomic E-state index is 0.491. The van der Waals surface area contributed by atoms with Crippen molar-refractivity contribution in [3.05, 3.63) is 29.8 Å². The topological polar surface area (TPSA) is 21.3 Å². The summed E-state index contributed by atoms with van der Waals surface area (Å²) in [7, 11) is 2.06. The molecule has 1 aliphatic carbocycles. The normalized spacial score (nSPS) is 18.2. The number of aryl methyl sites for hydroxylation is 1. The molecule has 1 fully saturated rings. The molecule has 0 saturated heterocycles. The average Bonchev–Trinajstić information content (AvgIpc) is 2.49. The number of nitrogens with one attached hydrogen (secondary N) is 1. The summed E-state index contributed by atoms with van der Waals surface area (Å²) in [6.45, 7) is 2.97. The smallest absolute Gasteiger partial charge is 0.122 e. The van der Waals surface area contributed by atoms with Gasteiger partial charge in [-0.2, -0.15) is 0 Å². The van der Waals surface area contributed by atoms with Crippen LogP contribution >= 0.6 is 0 Å². The summed E-state index contributed by atoms with van der Waals surface area (Å²) in [5.74, 6) is 1.84. The molecule has 0 aromatic heterocycles. The van der Waals surface area contributed by atoms with E-state index in [1.165, 1.54) is 37.7 Å². The second kappa shape index (κ2) is 7.54. The van der Waals surface area contributed by atoms with Gasteiger partial charge in [0.05, 0.1) is 0 Å². The lowest BCUT2D eigenvalue weighted by Crippen LogP contribution is -2.39. The lowest BCUT2D eigenvalue weighted by molar-refractivity contribution is 0.191. The zero-order chi connectivity index (χ0) is 13.5. The number of hydrogen-bond donors (Lipinski definition) is 1. The molecule has 0 aliphatic heterocycles. The van der Waals surface area contributed by atoms with Crippen LogP contribution in [0.4, 0.5) is 0 Å². The fourth-order valence-corrected chi connectivity index (χ4v) is 3.11. The molecule has 1 N–H and O–H groups in total. The molecular weight excluding hydrogens is 234 g/mol. The van der Waals surface area contributed by atoms with Crippen molar-refractivity contribution >= 4 is 0 Å². The molecule has 0 amide bonds. The van der Waals surface area contributed by atoms with Gasteiger partial charge >= 0.3 is 0 Å². The molecule has 1 aromatic rings. The molecule has 1 saturated carbocycles. The van der Waals surface area contributed by atoms with Gasteiger partial charge in [-0.15, -0.1) is 0 Å².